The minimum absolute atomic E-state index is 0.618. The van der Waals surface area contributed by atoms with Crippen LogP contribution in [0.4, 0.5) is 0 Å². The Morgan fingerprint density at radius 1 is 1.15 bits per heavy atom. The molecule has 1 aromatic heterocycles. The van der Waals surface area contributed by atoms with Crippen LogP contribution in [0.1, 0.15) is 57.4 Å². The van der Waals surface area contributed by atoms with E-state index in [2.05, 4.69) is 22.9 Å². The molecule has 2 aliphatic rings. The molecule has 2 aliphatic carbocycles. The van der Waals surface area contributed by atoms with Crippen molar-refractivity contribution < 1.29 is 0 Å². The highest BCUT2D eigenvalue weighted by molar-refractivity contribution is 6.29. The molecule has 2 nitrogen and oxygen atoms in total. The quantitative estimate of drug-likeness (QED) is 0.733. The van der Waals surface area contributed by atoms with Gasteiger partial charge in [0.2, 0.25) is 0 Å². The molecule has 2 saturated carbocycles. The standard InChI is InChI=1S/C17H25ClN2/c1-2-13-3-5-15(6-4-13)20(16-7-8-16)12-14-9-10-19-17(18)11-14/h9-11,13,15-16H,2-8,12H2,1H3. The van der Waals surface area contributed by atoms with Crippen LogP contribution < -0.4 is 0 Å². The Morgan fingerprint density at radius 3 is 2.35 bits per heavy atom. The van der Waals surface area contributed by atoms with Gasteiger partial charge in [-0.3, -0.25) is 4.90 Å². The van der Waals surface area contributed by atoms with Crippen LogP contribution in [-0.4, -0.2) is 22.0 Å². The Balaban J connectivity index is 1.64. The lowest BCUT2D eigenvalue weighted by molar-refractivity contribution is 0.120. The molecular formula is C17H25ClN2. The van der Waals surface area contributed by atoms with Gasteiger partial charge in [0.05, 0.1) is 0 Å². The first-order valence-electron chi connectivity index (χ1n) is 8.12. The highest BCUT2D eigenvalue weighted by Gasteiger charge is 2.35. The molecule has 0 saturated heterocycles. The molecule has 0 unspecified atom stereocenters. The third-order valence-corrected chi connectivity index (χ3v) is 5.24. The van der Waals surface area contributed by atoms with Gasteiger partial charge < -0.3 is 0 Å². The molecule has 0 amide bonds. The van der Waals surface area contributed by atoms with Gasteiger partial charge in [-0.05, 0) is 62.1 Å². The largest absolute Gasteiger partial charge is 0.293 e. The fourth-order valence-corrected chi connectivity index (χ4v) is 3.80. The Morgan fingerprint density at radius 2 is 1.80 bits per heavy atom. The van der Waals surface area contributed by atoms with E-state index >= 15 is 0 Å². The number of pyridine rings is 1. The summed E-state index contributed by atoms with van der Waals surface area (Å²) in [6.45, 7) is 3.39. The van der Waals surface area contributed by atoms with Gasteiger partial charge in [-0.25, -0.2) is 4.98 Å². The Labute approximate surface area is 127 Å². The molecule has 0 atom stereocenters. The molecule has 0 radical (unpaired) electrons. The lowest BCUT2D eigenvalue weighted by atomic mass is 9.83. The van der Waals surface area contributed by atoms with E-state index in [0.717, 1.165) is 24.5 Å². The van der Waals surface area contributed by atoms with Gasteiger partial charge in [-0.2, -0.15) is 0 Å². The van der Waals surface area contributed by atoms with Crippen molar-refractivity contribution in [2.75, 3.05) is 0 Å². The molecule has 2 fully saturated rings. The second-order valence-electron chi connectivity index (χ2n) is 6.47. The van der Waals surface area contributed by atoms with E-state index in [-0.39, 0.29) is 0 Å². The summed E-state index contributed by atoms with van der Waals surface area (Å²) in [6.07, 6.45) is 11.6. The molecule has 0 N–H and O–H groups in total. The Bertz CT molecular complexity index is 436. The monoisotopic (exact) mass is 292 g/mol. The number of halogens is 1. The normalized spacial score (nSPS) is 26.9. The zero-order chi connectivity index (χ0) is 13.9. The fourth-order valence-electron chi connectivity index (χ4n) is 3.60. The molecule has 3 rings (SSSR count). The zero-order valence-corrected chi connectivity index (χ0v) is 13.1. The van der Waals surface area contributed by atoms with Crippen molar-refractivity contribution in [1.82, 2.24) is 9.88 Å². The lowest BCUT2D eigenvalue weighted by Crippen LogP contribution is -2.39. The van der Waals surface area contributed by atoms with Crippen LogP contribution in [0.15, 0.2) is 18.3 Å². The average molecular weight is 293 g/mol. The Hall–Kier alpha value is -0.600. The summed E-state index contributed by atoms with van der Waals surface area (Å²) in [5.74, 6) is 0.975. The first-order chi connectivity index (χ1) is 9.76. The molecule has 0 aliphatic heterocycles. The minimum Gasteiger partial charge on any atom is -0.293 e. The summed E-state index contributed by atoms with van der Waals surface area (Å²) in [5, 5.41) is 0.618. The minimum atomic E-state index is 0.618. The fraction of sp³-hybridized carbons (Fsp3) is 0.706. The van der Waals surface area contributed by atoms with E-state index in [1.165, 1.54) is 50.5 Å². The van der Waals surface area contributed by atoms with E-state index in [1.54, 1.807) is 0 Å². The molecule has 0 aromatic carbocycles. The van der Waals surface area contributed by atoms with Gasteiger partial charge >= 0.3 is 0 Å². The van der Waals surface area contributed by atoms with Crippen LogP contribution in [0.3, 0.4) is 0 Å². The maximum atomic E-state index is 6.02. The van der Waals surface area contributed by atoms with E-state index in [4.69, 9.17) is 11.6 Å². The smallest absolute Gasteiger partial charge is 0.129 e. The van der Waals surface area contributed by atoms with Gasteiger partial charge in [0, 0.05) is 24.8 Å². The van der Waals surface area contributed by atoms with Crippen LogP contribution in [0, 0.1) is 5.92 Å². The number of hydrogen-bond donors (Lipinski definition) is 0. The molecule has 0 spiro atoms. The summed E-state index contributed by atoms with van der Waals surface area (Å²) < 4.78 is 0. The molecule has 110 valence electrons. The van der Waals surface area contributed by atoms with Crippen molar-refractivity contribution in [3.05, 3.63) is 29.0 Å². The van der Waals surface area contributed by atoms with Gasteiger partial charge in [-0.15, -0.1) is 0 Å². The van der Waals surface area contributed by atoms with E-state index in [9.17, 15) is 0 Å². The van der Waals surface area contributed by atoms with Crippen molar-refractivity contribution in [3.8, 4) is 0 Å². The van der Waals surface area contributed by atoms with Crippen molar-refractivity contribution >= 4 is 11.6 Å². The first-order valence-corrected chi connectivity index (χ1v) is 8.50. The predicted octanol–water partition coefficient (Wildman–Crippen LogP) is 4.67. The summed E-state index contributed by atoms with van der Waals surface area (Å²) in [5.41, 5.74) is 1.31. The molecular weight excluding hydrogens is 268 g/mol. The van der Waals surface area contributed by atoms with Crippen LogP contribution >= 0.6 is 11.6 Å². The highest BCUT2D eigenvalue weighted by atomic mass is 35.5. The molecule has 3 heteroatoms. The van der Waals surface area contributed by atoms with Gasteiger partial charge in [0.1, 0.15) is 5.15 Å². The van der Waals surface area contributed by atoms with E-state index < -0.39 is 0 Å². The third-order valence-electron chi connectivity index (χ3n) is 5.03. The van der Waals surface area contributed by atoms with E-state index in [1.807, 2.05) is 12.3 Å². The van der Waals surface area contributed by atoms with Crippen molar-refractivity contribution in [3.63, 3.8) is 0 Å². The van der Waals surface area contributed by atoms with Gasteiger partial charge in [-0.1, -0.05) is 24.9 Å². The third kappa shape index (κ3) is 3.53. The van der Waals surface area contributed by atoms with Crippen LogP contribution in [0.25, 0.3) is 0 Å². The van der Waals surface area contributed by atoms with Crippen molar-refractivity contribution in [2.24, 2.45) is 5.92 Å². The average Bonchev–Trinajstić information content (AvgIpc) is 3.30. The van der Waals surface area contributed by atoms with Crippen molar-refractivity contribution in [1.29, 1.82) is 0 Å². The topological polar surface area (TPSA) is 16.1 Å². The maximum absolute atomic E-state index is 6.02. The summed E-state index contributed by atoms with van der Waals surface area (Å²) in [6, 6.07) is 5.75. The zero-order valence-electron chi connectivity index (χ0n) is 12.4. The first kappa shape index (κ1) is 14.3. The molecule has 1 aromatic rings. The number of aromatic nitrogens is 1. The van der Waals surface area contributed by atoms with Crippen LogP contribution in [0.2, 0.25) is 5.15 Å². The SMILES string of the molecule is CCC1CCC(N(Cc2ccnc(Cl)c2)C2CC2)CC1. The lowest BCUT2D eigenvalue weighted by Gasteiger charge is -2.37. The highest BCUT2D eigenvalue weighted by Crippen LogP contribution is 2.37. The van der Waals surface area contributed by atoms with E-state index in [0.29, 0.717) is 5.15 Å². The van der Waals surface area contributed by atoms with Gasteiger partial charge in [0.25, 0.3) is 0 Å². The maximum Gasteiger partial charge on any atom is 0.129 e. The summed E-state index contributed by atoms with van der Waals surface area (Å²) in [7, 11) is 0. The second-order valence-corrected chi connectivity index (χ2v) is 6.86. The second kappa shape index (κ2) is 6.44. The van der Waals surface area contributed by atoms with Gasteiger partial charge in [0.15, 0.2) is 0 Å². The molecule has 1 heterocycles. The number of rotatable bonds is 5. The summed E-state index contributed by atoms with van der Waals surface area (Å²) >= 11 is 6.02. The van der Waals surface area contributed by atoms with Crippen LogP contribution in [0.5, 0.6) is 0 Å². The number of nitrogens with zero attached hydrogens (tertiary/aromatic N) is 2. The number of hydrogen-bond acceptors (Lipinski definition) is 2. The Kier molecular flexibility index (Phi) is 4.62. The molecule has 0 bridgehead atoms. The summed E-state index contributed by atoms with van der Waals surface area (Å²) in [4.78, 5) is 6.84. The predicted molar refractivity (Wildman–Crippen MR) is 83.8 cm³/mol. The van der Waals surface area contributed by atoms with Crippen molar-refractivity contribution in [2.45, 2.75) is 70.5 Å². The van der Waals surface area contributed by atoms with Crippen LogP contribution in [-0.2, 0) is 6.54 Å². The molecule has 20 heavy (non-hydrogen) atoms.